The van der Waals surface area contributed by atoms with Crippen molar-refractivity contribution in [3.8, 4) is 0 Å². The highest BCUT2D eigenvalue weighted by molar-refractivity contribution is 5.77. The number of aliphatic hydroxyl groups excluding tert-OH is 1. The molecular formula is C10H21NO5. The summed E-state index contributed by atoms with van der Waals surface area (Å²) in [6, 6.07) is -0.173. The van der Waals surface area contributed by atoms with Crippen LogP contribution in [0.3, 0.4) is 0 Å². The number of carbonyl (C=O) groups excluding carboxylic acids is 1. The van der Waals surface area contributed by atoms with Gasteiger partial charge < -0.3 is 24.6 Å². The third-order valence-corrected chi connectivity index (χ3v) is 1.88. The number of carbonyl (C=O) groups is 1. The van der Waals surface area contributed by atoms with Crippen molar-refractivity contribution in [2.24, 2.45) is 0 Å². The van der Waals surface area contributed by atoms with E-state index < -0.39 is 0 Å². The topological polar surface area (TPSA) is 77.0 Å². The van der Waals surface area contributed by atoms with Crippen LogP contribution in [0, 0.1) is 0 Å². The fourth-order valence-electron chi connectivity index (χ4n) is 1.13. The molecule has 0 saturated carbocycles. The van der Waals surface area contributed by atoms with E-state index in [2.05, 4.69) is 5.32 Å². The summed E-state index contributed by atoms with van der Waals surface area (Å²) in [5.41, 5.74) is 0. The van der Waals surface area contributed by atoms with Gasteiger partial charge in [-0.3, -0.25) is 4.79 Å². The van der Waals surface area contributed by atoms with E-state index in [1.165, 1.54) is 0 Å². The fourth-order valence-corrected chi connectivity index (χ4v) is 1.13. The summed E-state index contributed by atoms with van der Waals surface area (Å²) in [6.45, 7) is 1.24. The third kappa shape index (κ3) is 8.60. The molecule has 0 saturated heterocycles. The van der Waals surface area contributed by atoms with E-state index in [-0.39, 0.29) is 25.2 Å². The molecule has 1 amide bonds. The van der Waals surface area contributed by atoms with Crippen LogP contribution in [0.5, 0.6) is 0 Å². The van der Waals surface area contributed by atoms with Crippen LogP contribution in [0.15, 0.2) is 0 Å². The average Bonchev–Trinajstić information content (AvgIpc) is 2.25. The number of aliphatic hydroxyl groups is 1. The largest absolute Gasteiger partial charge is 0.396 e. The minimum Gasteiger partial charge on any atom is -0.396 e. The van der Waals surface area contributed by atoms with Gasteiger partial charge in [0, 0.05) is 20.8 Å². The summed E-state index contributed by atoms with van der Waals surface area (Å²) in [4.78, 5) is 11.4. The van der Waals surface area contributed by atoms with Gasteiger partial charge in [0.05, 0.1) is 25.9 Å². The van der Waals surface area contributed by atoms with E-state index in [0.29, 0.717) is 26.2 Å². The Morgan fingerprint density at radius 1 is 1.31 bits per heavy atom. The zero-order valence-corrected chi connectivity index (χ0v) is 9.90. The second kappa shape index (κ2) is 10.8. The monoisotopic (exact) mass is 235 g/mol. The Bertz CT molecular complexity index is 171. The van der Waals surface area contributed by atoms with Crippen LogP contribution in [0.4, 0.5) is 0 Å². The van der Waals surface area contributed by atoms with Crippen LogP contribution >= 0.6 is 0 Å². The molecule has 0 rings (SSSR count). The van der Waals surface area contributed by atoms with Gasteiger partial charge in [-0.1, -0.05) is 0 Å². The van der Waals surface area contributed by atoms with Crippen LogP contribution in [-0.4, -0.2) is 64.3 Å². The summed E-state index contributed by atoms with van der Waals surface area (Å²) >= 11 is 0. The lowest BCUT2D eigenvalue weighted by Crippen LogP contribution is -2.40. The molecular weight excluding hydrogens is 214 g/mol. The maximum Gasteiger partial charge on any atom is 0.246 e. The minimum atomic E-state index is -0.216. The Labute approximate surface area is 95.9 Å². The Kier molecular flexibility index (Phi) is 10.3. The van der Waals surface area contributed by atoms with Gasteiger partial charge in [0.2, 0.25) is 5.91 Å². The van der Waals surface area contributed by atoms with Crippen molar-refractivity contribution >= 4 is 5.91 Å². The van der Waals surface area contributed by atoms with Gasteiger partial charge in [0.15, 0.2) is 0 Å². The van der Waals surface area contributed by atoms with Crippen LogP contribution in [-0.2, 0) is 19.0 Å². The third-order valence-electron chi connectivity index (χ3n) is 1.88. The van der Waals surface area contributed by atoms with Gasteiger partial charge in [-0.15, -0.1) is 0 Å². The quantitative estimate of drug-likeness (QED) is 0.483. The van der Waals surface area contributed by atoms with E-state index in [4.69, 9.17) is 19.3 Å². The highest BCUT2D eigenvalue weighted by Crippen LogP contribution is 1.92. The van der Waals surface area contributed by atoms with E-state index in [1.54, 1.807) is 14.2 Å². The molecule has 0 heterocycles. The molecule has 0 spiro atoms. The summed E-state index contributed by atoms with van der Waals surface area (Å²) in [5, 5.41) is 11.5. The van der Waals surface area contributed by atoms with Crippen molar-refractivity contribution in [3.63, 3.8) is 0 Å². The standard InChI is InChI=1S/C10H21NO5/c1-14-5-6-16-8-10(13)11-9(3-4-12)7-15-2/h9,12H,3-8H2,1-2H3,(H,11,13). The Hall–Kier alpha value is -0.690. The molecule has 0 aromatic carbocycles. The van der Waals surface area contributed by atoms with Crippen molar-refractivity contribution in [1.82, 2.24) is 5.32 Å². The molecule has 96 valence electrons. The number of nitrogens with one attached hydrogen (secondary N) is 1. The molecule has 0 aliphatic rings. The van der Waals surface area contributed by atoms with E-state index >= 15 is 0 Å². The molecule has 0 aliphatic carbocycles. The number of amides is 1. The predicted octanol–water partition coefficient (Wildman–Crippen LogP) is -0.837. The van der Waals surface area contributed by atoms with Crippen molar-refractivity contribution in [1.29, 1.82) is 0 Å². The molecule has 1 unspecified atom stereocenters. The first-order valence-electron chi connectivity index (χ1n) is 5.20. The molecule has 6 heteroatoms. The Morgan fingerprint density at radius 2 is 2.06 bits per heavy atom. The number of hydrogen-bond acceptors (Lipinski definition) is 5. The van der Waals surface area contributed by atoms with Gasteiger partial charge in [0.1, 0.15) is 6.61 Å². The zero-order chi connectivity index (χ0) is 12.2. The van der Waals surface area contributed by atoms with E-state index in [9.17, 15) is 4.79 Å². The van der Waals surface area contributed by atoms with Crippen molar-refractivity contribution in [2.45, 2.75) is 12.5 Å². The first kappa shape index (κ1) is 15.3. The van der Waals surface area contributed by atoms with Crippen molar-refractivity contribution < 1.29 is 24.1 Å². The average molecular weight is 235 g/mol. The lowest BCUT2D eigenvalue weighted by atomic mass is 10.2. The minimum absolute atomic E-state index is 0.00496. The Balaban J connectivity index is 3.63. The van der Waals surface area contributed by atoms with Crippen LogP contribution < -0.4 is 5.32 Å². The van der Waals surface area contributed by atoms with Crippen LogP contribution in [0.1, 0.15) is 6.42 Å². The van der Waals surface area contributed by atoms with Gasteiger partial charge >= 0.3 is 0 Å². The molecule has 0 aromatic rings. The second-order valence-electron chi connectivity index (χ2n) is 3.28. The maximum atomic E-state index is 11.4. The number of methoxy groups -OCH3 is 2. The van der Waals surface area contributed by atoms with Gasteiger partial charge in [-0.05, 0) is 6.42 Å². The van der Waals surface area contributed by atoms with Crippen molar-refractivity contribution in [3.05, 3.63) is 0 Å². The normalized spacial score (nSPS) is 12.4. The summed E-state index contributed by atoms with van der Waals surface area (Å²) in [7, 11) is 3.12. The van der Waals surface area contributed by atoms with Gasteiger partial charge in [0.25, 0.3) is 0 Å². The number of rotatable bonds is 10. The maximum absolute atomic E-state index is 11.4. The number of ether oxygens (including phenoxy) is 3. The van der Waals surface area contributed by atoms with E-state index in [0.717, 1.165) is 0 Å². The molecule has 1 atom stereocenters. The molecule has 16 heavy (non-hydrogen) atoms. The fraction of sp³-hybridized carbons (Fsp3) is 0.900. The summed E-state index contributed by atoms with van der Waals surface area (Å²) in [6.07, 6.45) is 0.470. The Morgan fingerprint density at radius 3 is 2.62 bits per heavy atom. The lowest BCUT2D eigenvalue weighted by Gasteiger charge is -2.16. The first-order valence-corrected chi connectivity index (χ1v) is 5.20. The zero-order valence-electron chi connectivity index (χ0n) is 9.90. The molecule has 0 radical (unpaired) electrons. The van der Waals surface area contributed by atoms with Gasteiger partial charge in [-0.25, -0.2) is 0 Å². The molecule has 0 aromatic heterocycles. The van der Waals surface area contributed by atoms with Crippen LogP contribution in [0.2, 0.25) is 0 Å². The molecule has 0 aliphatic heterocycles. The molecule has 2 N–H and O–H groups in total. The summed E-state index contributed by atoms with van der Waals surface area (Å²) < 4.78 is 14.7. The van der Waals surface area contributed by atoms with Crippen molar-refractivity contribution in [2.75, 3.05) is 47.3 Å². The van der Waals surface area contributed by atoms with Gasteiger partial charge in [-0.2, -0.15) is 0 Å². The second-order valence-corrected chi connectivity index (χ2v) is 3.28. The number of hydrogen-bond donors (Lipinski definition) is 2. The van der Waals surface area contributed by atoms with Crippen LogP contribution in [0.25, 0.3) is 0 Å². The molecule has 0 fully saturated rings. The van der Waals surface area contributed by atoms with E-state index in [1.807, 2.05) is 0 Å². The highest BCUT2D eigenvalue weighted by Gasteiger charge is 2.11. The highest BCUT2D eigenvalue weighted by atomic mass is 16.5. The lowest BCUT2D eigenvalue weighted by molar-refractivity contribution is -0.127. The summed E-state index contributed by atoms with van der Waals surface area (Å²) in [5.74, 6) is -0.216. The molecule has 6 nitrogen and oxygen atoms in total. The smallest absolute Gasteiger partial charge is 0.246 e. The first-order chi connectivity index (χ1) is 7.74. The molecule has 0 bridgehead atoms. The predicted molar refractivity (Wildman–Crippen MR) is 58.2 cm³/mol. The SMILES string of the molecule is COCCOCC(=O)NC(CCO)COC.